The molecule has 2 heterocycles. The van der Waals surface area contributed by atoms with Crippen molar-refractivity contribution in [3.63, 3.8) is 0 Å². The first-order valence-electron chi connectivity index (χ1n) is 7.82. The summed E-state index contributed by atoms with van der Waals surface area (Å²) in [7, 11) is 0. The molecule has 1 aromatic heterocycles. The number of hydrogen-bond donors (Lipinski definition) is 1. The van der Waals surface area contributed by atoms with Gasteiger partial charge in [-0.3, -0.25) is 0 Å². The van der Waals surface area contributed by atoms with Crippen LogP contribution in [0.5, 0.6) is 0 Å². The van der Waals surface area contributed by atoms with Crippen molar-refractivity contribution < 1.29 is 14.1 Å². The minimum absolute atomic E-state index is 0.388. The van der Waals surface area contributed by atoms with Crippen molar-refractivity contribution in [1.29, 1.82) is 0 Å². The number of ether oxygens (including phenoxy) is 1. The Kier molecular flexibility index (Phi) is 4.93. The van der Waals surface area contributed by atoms with Crippen LogP contribution in [-0.4, -0.2) is 34.9 Å². The van der Waals surface area contributed by atoms with Crippen molar-refractivity contribution in [1.82, 2.24) is 15.5 Å². The van der Waals surface area contributed by atoms with Crippen molar-refractivity contribution in [2.45, 2.75) is 59.1 Å². The predicted octanol–water partition coefficient (Wildman–Crippen LogP) is 2.89. The van der Waals surface area contributed by atoms with Gasteiger partial charge in [0.25, 0.3) is 11.8 Å². The average molecular weight is 310 g/mol. The number of anilines is 1. The van der Waals surface area contributed by atoms with Gasteiger partial charge in [0.2, 0.25) is 0 Å². The number of rotatable bonds is 3. The van der Waals surface area contributed by atoms with E-state index in [9.17, 15) is 4.79 Å². The molecule has 2 rings (SSSR count). The smallest absolute Gasteiger partial charge is 0.408 e. The number of alkyl carbamates (subject to hydrolysis) is 1. The van der Waals surface area contributed by atoms with Crippen LogP contribution in [0.1, 0.15) is 59.4 Å². The number of aromatic nitrogens is 2. The minimum atomic E-state index is -0.534. The van der Waals surface area contributed by atoms with Gasteiger partial charge in [0, 0.05) is 13.1 Å². The Morgan fingerprint density at radius 3 is 2.86 bits per heavy atom. The summed E-state index contributed by atoms with van der Waals surface area (Å²) in [6.07, 6.45) is 1.88. The van der Waals surface area contributed by atoms with Crippen LogP contribution in [0.15, 0.2) is 4.52 Å². The topological polar surface area (TPSA) is 80.5 Å². The van der Waals surface area contributed by atoms with E-state index in [-0.39, 0.29) is 0 Å². The molecule has 1 N–H and O–H groups in total. The molecular weight excluding hydrogens is 284 g/mol. The van der Waals surface area contributed by atoms with Crippen LogP contribution in [0.2, 0.25) is 0 Å². The molecule has 7 heteroatoms. The molecule has 0 radical (unpaired) electrons. The van der Waals surface area contributed by atoms with E-state index < -0.39 is 17.7 Å². The van der Waals surface area contributed by atoms with Gasteiger partial charge >= 0.3 is 6.09 Å². The molecule has 1 aliphatic rings. The van der Waals surface area contributed by atoms with E-state index >= 15 is 0 Å². The first-order chi connectivity index (χ1) is 10.2. The summed E-state index contributed by atoms with van der Waals surface area (Å²) in [5, 5.41) is 6.73. The lowest BCUT2D eigenvalue weighted by Gasteiger charge is -2.29. The summed E-state index contributed by atoms with van der Waals surface area (Å²) >= 11 is 0. The third-order valence-electron chi connectivity index (χ3n) is 3.47. The van der Waals surface area contributed by atoms with Crippen LogP contribution < -0.4 is 10.2 Å². The van der Waals surface area contributed by atoms with Gasteiger partial charge in [0.1, 0.15) is 11.6 Å². The summed E-state index contributed by atoms with van der Waals surface area (Å²) in [6, 6.07) is -0.390. The van der Waals surface area contributed by atoms with Crippen molar-refractivity contribution in [3.8, 4) is 0 Å². The fraction of sp³-hybridized carbons (Fsp3) is 0.800. The molecular formula is C15H26N4O3. The third kappa shape index (κ3) is 4.61. The highest BCUT2D eigenvalue weighted by molar-refractivity contribution is 5.68. The van der Waals surface area contributed by atoms with Gasteiger partial charge in [-0.2, -0.15) is 4.98 Å². The lowest BCUT2D eigenvalue weighted by Crippen LogP contribution is -2.35. The average Bonchev–Trinajstić information content (AvgIpc) is 2.85. The highest BCUT2D eigenvalue weighted by Gasteiger charge is 2.24. The van der Waals surface area contributed by atoms with Crippen molar-refractivity contribution in [3.05, 3.63) is 5.89 Å². The van der Waals surface area contributed by atoms with E-state index in [0.717, 1.165) is 19.5 Å². The van der Waals surface area contributed by atoms with Crippen molar-refractivity contribution in [2.24, 2.45) is 5.92 Å². The van der Waals surface area contributed by atoms with Gasteiger partial charge in [-0.25, -0.2) is 4.79 Å². The third-order valence-corrected chi connectivity index (χ3v) is 3.47. The number of amides is 1. The number of carbonyl (C=O) groups excluding carboxylic acids is 1. The zero-order chi connectivity index (χ0) is 16.3. The number of piperidine rings is 1. The van der Waals surface area contributed by atoms with Gasteiger partial charge in [0.05, 0.1) is 0 Å². The lowest BCUT2D eigenvalue weighted by atomic mass is 10.0. The Hall–Kier alpha value is -1.79. The lowest BCUT2D eigenvalue weighted by molar-refractivity contribution is 0.0499. The second kappa shape index (κ2) is 6.54. The van der Waals surface area contributed by atoms with Crippen molar-refractivity contribution in [2.75, 3.05) is 18.0 Å². The van der Waals surface area contributed by atoms with E-state index in [4.69, 9.17) is 9.26 Å². The van der Waals surface area contributed by atoms with Crippen LogP contribution in [0, 0.1) is 5.92 Å². The first-order valence-corrected chi connectivity index (χ1v) is 7.82. The highest BCUT2D eigenvalue weighted by Crippen LogP contribution is 2.22. The highest BCUT2D eigenvalue weighted by atomic mass is 16.6. The quantitative estimate of drug-likeness (QED) is 0.924. The van der Waals surface area contributed by atoms with Gasteiger partial charge in [-0.05, 0) is 51.6 Å². The fourth-order valence-electron chi connectivity index (χ4n) is 2.45. The van der Waals surface area contributed by atoms with E-state index in [1.807, 2.05) is 20.8 Å². The monoisotopic (exact) mass is 310 g/mol. The van der Waals surface area contributed by atoms with Crippen LogP contribution in [0.3, 0.4) is 0 Å². The van der Waals surface area contributed by atoms with Crippen LogP contribution in [-0.2, 0) is 4.74 Å². The molecule has 1 aromatic rings. The minimum Gasteiger partial charge on any atom is -0.444 e. The molecule has 2 atom stereocenters. The van der Waals surface area contributed by atoms with Crippen LogP contribution >= 0.6 is 0 Å². The largest absolute Gasteiger partial charge is 0.444 e. The number of nitrogens with zero attached hydrogens (tertiary/aromatic N) is 3. The standard InChI is InChI=1S/C15H26N4O3/c1-10-7-6-8-19(9-10)13-17-12(22-18-13)11(2)16-14(20)21-15(3,4)5/h10-11H,6-9H2,1-5H3,(H,16,20)/t10-,11-/m0/s1. The maximum Gasteiger partial charge on any atom is 0.408 e. The van der Waals surface area contributed by atoms with E-state index in [1.165, 1.54) is 6.42 Å². The van der Waals surface area contributed by atoms with Gasteiger partial charge in [-0.1, -0.05) is 6.92 Å². The Bertz CT molecular complexity index is 509. The molecule has 0 bridgehead atoms. The van der Waals surface area contributed by atoms with E-state index in [0.29, 0.717) is 17.8 Å². The zero-order valence-corrected chi connectivity index (χ0v) is 14.0. The fourth-order valence-corrected chi connectivity index (χ4v) is 2.45. The summed E-state index contributed by atoms with van der Waals surface area (Å²) in [4.78, 5) is 18.3. The molecule has 1 aliphatic heterocycles. The van der Waals surface area contributed by atoms with Crippen molar-refractivity contribution >= 4 is 12.0 Å². The molecule has 1 fully saturated rings. The molecule has 7 nitrogen and oxygen atoms in total. The second-order valence-electron chi connectivity index (χ2n) is 6.99. The predicted molar refractivity (Wildman–Crippen MR) is 82.7 cm³/mol. The van der Waals surface area contributed by atoms with Gasteiger partial charge in [0.15, 0.2) is 0 Å². The molecule has 0 saturated carbocycles. The molecule has 0 aliphatic carbocycles. The molecule has 1 saturated heterocycles. The molecule has 22 heavy (non-hydrogen) atoms. The SMILES string of the molecule is C[C@H]1CCCN(c2noc([C@H](C)NC(=O)OC(C)(C)C)n2)C1. The second-order valence-corrected chi connectivity index (χ2v) is 6.99. The van der Waals surface area contributed by atoms with Crippen LogP contribution in [0.4, 0.5) is 10.7 Å². The molecule has 1 amide bonds. The Morgan fingerprint density at radius 1 is 1.50 bits per heavy atom. The number of nitrogens with one attached hydrogen (secondary N) is 1. The first kappa shape index (κ1) is 16.6. The molecule has 0 unspecified atom stereocenters. The normalized spacial score (nSPS) is 20.6. The Labute approximate surface area is 131 Å². The van der Waals surface area contributed by atoms with Gasteiger partial charge < -0.3 is 19.5 Å². The maximum absolute atomic E-state index is 11.8. The summed E-state index contributed by atoms with van der Waals surface area (Å²) < 4.78 is 10.5. The summed E-state index contributed by atoms with van der Waals surface area (Å²) in [5.74, 6) is 1.62. The number of hydrogen-bond acceptors (Lipinski definition) is 6. The molecule has 0 spiro atoms. The van der Waals surface area contributed by atoms with Gasteiger partial charge in [-0.15, -0.1) is 0 Å². The van der Waals surface area contributed by atoms with E-state index in [2.05, 4.69) is 27.3 Å². The maximum atomic E-state index is 11.8. The summed E-state index contributed by atoms with van der Waals surface area (Å²) in [6.45, 7) is 11.3. The molecule has 124 valence electrons. The van der Waals surface area contributed by atoms with Crippen LogP contribution in [0.25, 0.3) is 0 Å². The zero-order valence-electron chi connectivity index (χ0n) is 14.0. The molecule has 0 aromatic carbocycles. The Morgan fingerprint density at radius 2 is 2.23 bits per heavy atom. The Balaban J connectivity index is 1.94. The number of carbonyl (C=O) groups is 1. The summed E-state index contributed by atoms with van der Waals surface area (Å²) in [5.41, 5.74) is -0.534. The van der Waals surface area contributed by atoms with E-state index in [1.54, 1.807) is 6.92 Å².